The number of likely N-dealkylation sites (N-methyl/N-ethyl adjacent to an activating group) is 1. The number of aromatic amines is 1. The predicted octanol–water partition coefficient (Wildman–Crippen LogP) is 1.45. The van der Waals surface area contributed by atoms with E-state index in [0.717, 1.165) is 5.75 Å². The smallest absolute Gasteiger partial charge is 0.271 e. The van der Waals surface area contributed by atoms with E-state index in [2.05, 4.69) is 10.2 Å². The van der Waals surface area contributed by atoms with Crippen molar-refractivity contribution in [2.24, 2.45) is 0 Å². The van der Waals surface area contributed by atoms with Gasteiger partial charge in [-0.25, -0.2) is 0 Å². The van der Waals surface area contributed by atoms with Crippen molar-refractivity contribution in [1.82, 2.24) is 15.1 Å². The van der Waals surface area contributed by atoms with Crippen molar-refractivity contribution in [1.29, 1.82) is 0 Å². The van der Waals surface area contributed by atoms with Crippen molar-refractivity contribution in [3.8, 4) is 5.75 Å². The maximum Gasteiger partial charge on any atom is 0.271 e. The standard InChI is InChI=1S/C14H18N4O2/c1-10-3-5-11(6-4-10)20-8-7-18(2)14(19)12-9-13(15)17-16-12/h3-6,9H,7-8H2,1-2H3,(H3,15,16,17). The molecular weight excluding hydrogens is 256 g/mol. The topological polar surface area (TPSA) is 84.2 Å². The molecule has 0 bridgehead atoms. The lowest BCUT2D eigenvalue weighted by Crippen LogP contribution is -2.31. The predicted molar refractivity (Wildman–Crippen MR) is 76.6 cm³/mol. The average molecular weight is 274 g/mol. The molecule has 1 heterocycles. The molecule has 0 atom stereocenters. The van der Waals surface area contributed by atoms with Gasteiger partial charge in [0.15, 0.2) is 0 Å². The molecular formula is C14H18N4O2. The van der Waals surface area contributed by atoms with Crippen LogP contribution in [0.15, 0.2) is 30.3 Å². The molecule has 1 aromatic carbocycles. The second kappa shape index (κ2) is 6.10. The number of nitrogen functional groups attached to an aromatic ring is 1. The van der Waals surface area contributed by atoms with Crippen LogP contribution in [0.5, 0.6) is 5.75 Å². The van der Waals surface area contributed by atoms with Gasteiger partial charge in [-0.1, -0.05) is 17.7 Å². The van der Waals surface area contributed by atoms with Crippen LogP contribution in [-0.2, 0) is 0 Å². The van der Waals surface area contributed by atoms with Crippen LogP contribution in [0.25, 0.3) is 0 Å². The Bertz CT molecular complexity index is 577. The van der Waals surface area contributed by atoms with E-state index in [1.165, 1.54) is 11.6 Å². The van der Waals surface area contributed by atoms with E-state index in [9.17, 15) is 4.79 Å². The number of carbonyl (C=O) groups excluding carboxylic acids is 1. The molecule has 0 aliphatic carbocycles. The summed E-state index contributed by atoms with van der Waals surface area (Å²) in [5, 5.41) is 6.32. The fraction of sp³-hybridized carbons (Fsp3) is 0.286. The van der Waals surface area contributed by atoms with E-state index in [1.807, 2.05) is 31.2 Å². The van der Waals surface area contributed by atoms with E-state index in [-0.39, 0.29) is 5.91 Å². The zero-order valence-corrected chi connectivity index (χ0v) is 11.6. The average Bonchev–Trinajstić information content (AvgIpc) is 2.86. The lowest BCUT2D eigenvalue weighted by molar-refractivity contribution is 0.0768. The number of nitrogens with one attached hydrogen (secondary N) is 1. The summed E-state index contributed by atoms with van der Waals surface area (Å²) in [5.41, 5.74) is 7.02. The van der Waals surface area contributed by atoms with Crippen molar-refractivity contribution >= 4 is 11.7 Å². The Morgan fingerprint density at radius 2 is 2.10 bits per heavy atom. The first-order valence-electron chi connectivity index (χ1n) is 6.32. The minimum Gasteiger partial charge on any atom is -0.492 e. The van der Waals surface area contributed by atoms with Crippen LogP contribution in [0.4, 0.5) is 5.82 Å². The molecule has 0 radical (unpaired) electrons. The van der Waals surface area contributed by atoms with E-state index in [0.29, 0.717) is 24.7 Å². The van der Waals surface area contributed by atoms with Gasteiger partial charge in [0.25, 0.3) is 5.91 Å². The first-order chi connectivity index (χ1) is 9.56. The summed E-state index contributed by atoms with van der Waals surface area (Å²) < 4.78 is 5.58. The molecule has 0 fully saturated rings. The summed E-state index contributed by atoms with van der Waals surface area (Å²) in [5.74, 6) is 0.932. The number of nitrogens with two attached hydrogens (primary N) is 1. The van der Waals surface area contributed by atoms with Crippen LogP contribution in [0.3, 0.4) is 0 Å². The molecule has 0 saturated carbocycles. The molecule has 106 valence electrons. The summed E-state index contributed by atoms with van der Waals surface area (Å²) in [4.78, 5) is 13.5. The Labute approximate surface area is 117 Å². The number of nitrogens with zero attached hydrogens (tertiary/aromatic N) is 2. The van der Waals surface area contributed by atoms with Gasteiger partial charge in [0.2, 0.25) is 0 Å². The Hall–Kier alpha value is -2.50. The van der Waals surface area contributed by atoms with Gasteiger partial charge < -0.3 is 15.4 Å². The number of ether oxygens (including phenoxy) is 1. The van der Waals surface area contributed by atoms with Crippen LogP contribution in [-0.4, -0.2) is 41.2 Å². The highest BCUT2D eigenvalue weighted by molar-refractivity contribution is 5.92. The van der Waals surface area contributed by atoms with Crippen molar-refractivity contribution in [3.63, 3.8) is 0 Å². The highest BCUT2D eigenvalue weighted by Gasteiger charge is 2.13. The molecule has 0 aliphatic heterocycles. The zero-order chi connectivity index (χ0) is 14.5. The molecule has 0 spiro atoms. The van der Waals surface area contributed by atoms with Crippen molar-refractivity contribution in [3.05, 3.63) is 41.6 Å². The molecule has 0 aliphatic rings. The third-order valence-corrected chi connectivity index (χ3v) is 2.89. The lowest BCUT2D eigenvalue weighted by atomic mass is 10.2. The van der Waals surface area contributed by atoms with Gasteiger partial charge in [0.05, 0.1) is 6.54 Å². The minimum absolute atomic E-state index is 0.165. The highest BCUT2D eigenvalue weighted by atomic mass is 16.5. The number of amides is 1. The van der Waals surface area contributed by atoms with Gasteiger partial charge in [0, 0.05) is 13.1 Å². The van der Waals surface area contributed by atoms with Crippen molar-refractivity contribution < 1.29 is 9.53 Å². The van der Waals surface area contributed by atoms with Crippen LogP contribution in [0, 0.1) is 6.92 Å². The highest BCUT2D eigenvalue weighted by Crippen LogP contribution is 2.11. The van der Waals surface area contributed by atoms with Crippen LogP contribution in [0.1, 0.15) is 16.1 Å². The van der Waals surface area contributed by atoms with E-state index >= 15 is 0 Å². The van der Waals surface area contributed by atoms with Gasteiger partial charge in [-0.05, 0) is 19.1 Å². The summed E-state index contributed by atoms with van der Waals surface area (Å²) in [6.07, 6.45) is 0. The number of aryl methyl sites for hydroxylation is 1. The molecule has 2 aromatic rings. The summed E-state index contributed by atoms with van der Waals surface area (Å²) in [6, 6.07) is 9.30. The van der Waals surface area contributed by atoms with Gasteiger partial charge in [-0.15, -0.1) is 0 Å². The molecule has 20 heavy (non-hydrogen) atoms. The van der Waals surface area contributed by atoms with Gasteiger partial charge in [-0.2, -0.15) is 5.10 Å². The zero-order valence-electron chi connectivity index (χ0n) is 11.6. The molecule has 3 N–H and O–H groups in total. The first-order valence-corrected chi connectivity index (χ1v) is 6.32. The summed E-state index contributed by atoms with van der Waals surface area (Å²) >= 11 is 0. The lowest BCUT2D eigenvalue weighted by Gasteiger charge is -2.16. The Balaban J connectivity index is 1.81. The Morgan fingerprint density at radius 1 is 1.40 bits per heavy atom. The second-order valence-corrected chi connectivity index (χ2v) is 4.59. The Morgan fingerprint density at radius 3 is 2.70 bits per heavy atom. The normalized spacial score (nSPS) is 10.3. The fourth-order valence-electron chi connectivity index (χ4n) is 1.69. The molecule has 1 amide bonds. The van der Waals surface area contributed by atoms with E-state index in [4.69, 9.17) is 10.5 Å². The minimum atomic E-state index is -0.165. The first kappa shape index (κ1) is 13.9. The fourth-order valence-corrected chi connectivity index (χ4v) is 1.69. The molecule has 0 unspecified atom stereocenters. The number of carbonyl (C=O) groups is 1. The number of aromatic nitrogens is 2. The molecule has 0 saturated heterocycles. The van der Waals surface area contributed by atoms with Crippen LogP contribution in [0.2, 0.25) is 0 Å². The van der Waals surface area contributed by atoms with E-state index < -0.39 is 0 Å². The quantitative estimate of drug-likeness (QED) is 0.864. The third kappa shape index (κ3) is 3.50. The number of H-pyrrole nitrogens is 1. The maximum atomic E-state index is 12.0. The Kier molecular flexibility index (Phi) is 4.24. The van der Waals surface area contributed by atoms with Crippen molar-refractivity contribution in [2.45, 2.75) is 6.92 Å². The van der Waals surface area contributed by atoms with E-state index in [1.54, 1.807) is 11.9 Å². The molecule has 6 heteroatoms. The number of hydrogen-bond acceptors (Lipinski definition) is 4. The maximum absolute atomic E-state index is 12.0. The van der Waals surface area contributed by atoms with Gasteiger partial charge in [0.1, 0.15) is 23.9 Å². The van der Waals surface area contributed by atoms with Crippen LogP contribution < -0.4 is 10.5 Å². The van der Waals surface area contributed by atoms with Gasteiger partial charge in [-0.3, -0.25) is 9.89 Å². The summed E-state index contributed by atoms with van der Waals surface area (Å²) in [6.45, 7) is 2.92. The number of anilines is 1. The largest absolute Gasteiger partial charge is 0.492 e. The molecule has 1 aromatic heterocycles. The molecule has 6 nitrogen and oxygen atoms in total. The second-order valence-electron chi connectivity index (χ2n) is 4.59. The summed E-state index contributed by atoms with van der Waals surface area (Å²) in [7, 11) is 1.71. The number of rotatable bonds is 5. The van der Waals surface area contributed by atoms with Crippen molar-refractivity contribution in [2.75, 3.05) is 25.9 Å². The number of hydrogen-bond donors (Lipinski definition) is 2. The number of benzene rings is 1. The monoisotopic (exact) mass is 274 g/mol. The van der Waals surface area contributed by atoms with Crippen LogP contribution >= 0.6 is 0 Å². The molecule has 2 rings (SSSR count). The van der Waals surface area contributed by atoms with Gasteiger partial charge >= 0.3 is 0 Å². The SMILES string of the molecule is Cc1ccc(OCCN(C)C(=O)c2cc(N)n[nH]2)cc1. The third-order valence-electron chi connectivity index (χ3n) is 2.89.